The lowest BCUT2D eigenvalue weighted by atomic mass is 9.86. The van der Waals surface area contributed by atoms with Crippen molar-refractivity contribution in [2.75, 3.05) is 24.3 Å². The standard InChI is InChI=1S/C11H18ClN5O/c1-13-10-15-9(12)16-11(17-10)14-8-4-2-3-7(5-8)6-18/h7-8,18H,2-6H2,1H3,(H2,13,14,15,16,17). The van der Waals surface area contributed by atoms with Crippen molar-refractivity contribution in [2.24, 2.45) is 5.92 Å². The molecule has 0 aliphatic heterocycles. The van der Waals surface area contributed by atoms with Gasteiger partial charge < -0.3 is 15.7 Å². The number of nitrogens with zero attached hydrogens (tertiary/aromatic N) is 3. The highest BCUT2D eigenvalue weighted by molar-refractivity contribution is 6.28. The molecule has 7 heteroatoms. The first-order chi connectivity index (χ1) is 8.71. The van der Waals surface area contributed by atoms with E-state index in [9.17, 15) is 5.11 Å². The van der Waals surface area contributed by atoms with Gasteiger partial charge in [0.1, 0.15) is 0 Å². The fraction of sp³-hybridized carbons (Fsp3) is 0.727. The molecule has 1 heterocycles. The van der Waals surface area contributed by atoms with Crippen molar-refractivity contribution < 1.29 is 5.11 Å². The van der Waals surface area contributed by atoms with E-state index in [2.05, 4.69) is 25.6 Å². The molecule has 1 fully saturated rings. The number of rotatable bonds is 4. The highest BCUT2D eigenvalue weighted by atomic mass is 35.5. The van der Waals surface area contributed by atoms with Crippen molar-refractivity contribution >= 4 is 23.5 Å². The molecular formula is C11H18ClN5O. The van der Waals surface area contributed by atoms with Gasteiger partial charge in [-0.15, -0.1) is 0 Å². The maximum atomic E-state index is 9.20. The highest BCUT2D eigenvalue weighted by Gasteiger charge is 2.22. The minimum atomic E-state index is 0.173. The lowest BCUT2D eigenvalue weighted by molar-refractivity contribution is 0.184. The largest absolute Gasteiger partial charge is 0.396 e. The second-order valence-corrected chi connectivity index (χ2v) is 4.90. The summed E-state index contributed by atoms with van der Waals surface area (Å²) in [5, 5.41) is 15.5. The minimum Gasteiger partial charge on any atom is -0.396 e. The quantitative estimate of drug-likeness (QED) is 0.770. The Bertz CT molecular complexity index is 403. The summed E-state index contributed by atoms with van der Waals surface area (Å²) in [5.41, 5.74) is 0. The summed E-state index contributed by atoms with van der Waals surface area (Å²) in [6, 6.07) is 0.291. The summed E-state index contributed by atoms with van der Waals surface area (Å²) >= 11 is 5.82. The van der Waals surface area contributed by atoms with Gasteiger partial charge in [0.2, 0.25) is 17.2 Å². The van der Waals surface area contributed by atoms with Gasteiger partial charge in [-0.3, -0.25) is 0 Å². The van der Waals surface area contributed by atoms with Gasteiger partial charge in [0, 0.05) is 19.7 Å². The van der Waals surface area contributed by atoms with Gasteiger partial charge in [0.25, 0.3) is 0 Å². The third-order valence-corrected chi connectivity index (χ3v) is 3.37. The third kappa shape index (κ3) is 3.43. The van der Waals surface area contributed by atoms with Gasteiger partial charge in [-0.2, -0.15) is 15.0 Å². The molecular weight excluding hydrogens is 254 g/mol. The minimum absolute atomic E-state index is 0.173. The van der Waals surface area contributed by atoms with Crippen LogP contribution >= 0.6 is 11.6 Å². The van der Waals surface area contributed by atoms with Crippen LogP contribution in [0.25, 0.3) is 0 Å². The lowest BCUT2D eigenvalue weighted by Crippen LogP contribution is -2.29. The molecule has 2 rings (SSSR count). The highest BCUT2D eigenvalue weighted by Crippen LogP contribution is 2.25. The van der Waals surface area contributed by atoms with Crippen LogP contribution in [0.2, 0.25) is 5.28 Å². The zero-order chi connectivity index (χ0) is 13.0. The zero-order valence-corrected chi connectivity index (χ0v) is 11.1. The van der Waals surface area contributed by atoms with E-state index in [0.29, 0.717) is 23.9 Å². The first kappa shape index (κ1) is 13.3. The van der Waals surface area contributed by atoms with Crippen LogP contribution in [0.4, 0.5) is 11.9 Å². The number of hydrogen-bond acceptors (Lipinski definition) is 6. The Morgan fingerprint density at radius 2 is 2.06 bits per heavy atom. The molecule has 1 saturated carbocycles. The number of halogens is 1. The van der Waals surface area contributed by atoms with E-state index in [4.69, 9.17) is 11.6 Å². The van der Waals surface area contributed by atoms with Crippen molar-refractivity contribution in [1.82, 2.24) is 15.0 Å². The SMILES string of the molecule is CNc1nc(Cl)nc(NC2CCCC(CO)C2)n1. The Balaban J connectivity index is 2.02. The molecule has 2 atom stereocenters. The van der Waals surface area contributed by atoms with Crippen LogP contribution in [0.5, 0.6) is 0 Å². The Labute approximate surface area is 111 Å². The number of aliphatic hydroxyl groups is 1. The second-order valence-electron chi connectivity index (χ2n) is 4.56. The van der Waals surface area contributed by atoms with Gasteiger partial charge >= 0.3 is 0 Å². The fourth-order valence-electron chi connectivity index (χ4n) is 2.30. The molecule has 0 bridgehead atoms. The molecule has 0 amide bonds. The van der Waals surface area contributed by atoms with Crippen LogP contribution in [0, 0.1) is 5.92 Å². The summed E-state index contributed by atoms with van der Waals surface area (Å²) in [4.78, 5) is 12.2. The summed E-state index contributed by atoms with van der Waals surface area (Å²) in [6.07, 6.45) is 4.21. The normalized spacial score (nSPS) is 23.7. The van der Waals surface area contributed by atoms with Crippen molar-refractivity contribution in [3.8, 4) is 0 Å². The average molecular weight is 272 g/mol. The van der Waals surface area contributed by atoms with E-state index in [1.807, 2.05) is 0 Å². The van der Waals surface area contributed by atoms with Crippen LogP contribution in [-0.4, -0.2) is 39.8 Å². The van der Waals surface area contributed by atoms with E-state index < -0.39 is 0 Å². The summed E-state index contributed by atoms with van der Waals surface area (Å²) in [7, 11) is 1.73. The summed E-state index contributed by atoms with van der Waals surface area (Å²) < 4.78 is 0. The Hall–Kier alpha value is -1.14. The topological polar surface area (TPSA) is 83.0 Å². The zero-order valence-electron chi connectivity index (χ0n) is 10.4. The molecule has 0 saturated heterocycles. The third-order valence-electron chi connectivity index (χ3n) is 3.21. The molecule has 1 aromatic heterocycles. The van der Waals surface area contributed by atoms with E-state index in [-0.39, 0.29) is 11.9 Å². The molecule has 0 spiro atoms. The first-order valence-electron chi connectivity index (χ1n) is 6.18. The Morgan fingerprint density at radius 3 is 2.78 bits per heavy atom. The van der Waals surface area contributed by atoms with Gasteiger partial charge in [-0.25, -0.2) is 0 Å². The van der Waals surface area contributed by atoms with Crippen LogP contribution in [0.15, 0.2) is 0 Å². The van der Waals surface area contributed by atoms with Gasteiger partial charge in [0.05, 0.1) is 0 Å². The molecule has 1 aliphatic rings. The first-order valence-corrected chi connectivity index (χ1v) is 6.55. The van der Waals surface area contributed by atoms with Crippen molar-refractivity contribution in [1.29, 1.82) is 0 Å². The van der Waals surface area contributed by atoms with E-state index in [1.165, 1.54) is 0 Å². The molecule has 2 unspecified atom stereocenters. The number of aromatic nitrogens is 3. The molecule has 3 N–H and O–H groups in total. The van der Waals surface area contributed by atoms with Gasteiger partial charge in [-0.1, -0.05) is 6.42 Å². The van der Waals surface area contributed by atoms with Crippen molar-refractivity contribution in [3.63, 3.8) is 0 Å². The van der Waals surface area contributed by atoms with Crippen LogP contribution in [0.3, 0.4) is 0 Å². The lowest BCUT2D eigenvalue weighted by Gasteiger charge is -2.28. The van der Waals surface area contributed by atoms with Crippen LogP contribution in [0.1, 0.15) is 25.7 Å². The predicted molar refractivity (Wildman–Crippen MR) is 70.8 cm³/mol. The fourth-order valence-corrected chi connectivity index (χ4v) is 2.46. The van der Waals surface area contributed by atoms with E-state index in [0.717, 1.165) is 25.7 Å². The predicted octanol–water partition coefficient (Wildman–Crippen LogP) is 1.53. The molecule has 18 heavy (non-hydrogen) atoms. The maximum absolute atomic E-state index is 9.20. The van der Waals surface area contributed by atoms with Crippen molar-refractivity contribution in [2.45, 2.75) is 31.7 Å². The number of anilines is 2. The van der Waals surface area contributed by atoms with Gasteiger partial charge in [0.15, 0.2) is 0 Å². The van der Waals surface area contributed by atoms with Crippen LogP contribution < -0.4 is 10.6 Å². The molecule has 1 aliphatic carbocycles. The summed E-state index contributed by atoms with van der Waals surface area (Å²) in [5.74, 6) is 1.31. The smallest absolute Gasteiger partial charge is 0.229 e. The molecule has 0 aromatic carbocycles. The molecule has 1 aromatic rings. The number of hydrogen-bond donors (Lipinski definition) is 3. The molecule has 0 radical (unpaired) electrons. The molecule has 6 nitrogen and oxygen atoms in total. The van der Waals surface area contributed by atoms with E-state index >= 15 is 0 Å². The summed E-state index contributed by atoms with van der Waals surface area (Å²) in [6.45, 7) is 0.248. The number of aliphatic hydroxyl groups excluding tert-OH is 1. The molecule has 100 valence electrons. The van der Waals surface area contributed by atoms with Crippen molar-refractivity contribution in [3.05, 3.63) is 5.28 Å². The van der Waals surface area contributed by atoms with Crippen LogP contribution in [-0.2, 0) is 0 Å². The number of nitrogens with one attached hydrogen (secondary N) is 2. The van der Waals surface area contributed by atoms with E-state index in [1.54, 1.807) is 7.05 Å². The Morgan fingerprint density at radius 1 is 1.28 bits per heavy atom. The van der Waals surface area contributed by atoms with Gasteiger partial charge in [-0.05, 0) is 36.8 Å². The average Bonchev–Trinajstić information content (AvgIpc) is 2.38. The maximum Gasteiger partial charge on any atom is 0.229 e. The second kappa shape index (κ2) is 6.15. The Kier molecular flexibility index (Phi) is 4.54. The monoisotopic (exact) mass is 271 g/mol.